The van der Waals surface area contributed by atoms with Gasteiger partial charge in [0.15, 0.2) is 0 Å². The number of fused-ring (bicyclic) bond motifs is 1. The van der Waals surface area contributed by atoms with Crippen LogP contribution in [-0.2, 0) is 23.2 Å². The molecule has 0 bridgehead atoms. The molecule has 0 radical (unpaired) electrons. The number of sulfonamides is 1. The fraction of sp³-hybridized carbons (Fsp3) is 0.250. The number of ether oxygens (including phenoxy) is 1. The van der Waals surface area contributed by atoms with Gasteiger partial charge in [0, 0.05) is 18.6 Å². The Morgan fingerprint density at radius 2 is 1.88 bits per heavy atom. The van der Waals surface area contributed by atoms with Crippen LogP contribution in [0.25, 0.3) is 16.6 Å². The van der Waals surface area contributed by atoms with Crippen molar-refractivity contribution < 1.29 is 26.3 Å². The number of rotatable bonds is 6. The van der Waals surface area contributed by atoms with E-state index in [0.29, 0.717) is 16.7 Å². The van der Waals surface area contributed by atoms with E-state index in [9.17, 15) is 21.6 Å². The van der Waals surface area contributed by atoms with Crippen LogP contribution in [0.1, 0.15) is 19.5 Å². The summed E-state index contributed by atoms with van der Waals surface area (Å²) in [5.74, 6) is 0.306. The molecule has 0 aliphatic heterocycles. The van der Waals surface area contributed by atoms with E-state index in [0.717, 1.165) is 29.3 Å². The van der Waals surface area contributed by atoms with Gasteiger partial charge in [-0.3, -0.25) is 14.4 Å². The van der Waals surface area contributed by atoms with Crippen molar-refractivity contribution in [3.8, 4) is 11.4 Å². The maximum absolute atomic E-state index is 13.1. The number of halogens is 3. The molecule has 0 spiro atoms. The number of nitrogens with zero attached hydrogens (tertiary/aromatic N) is 5. The van der Waals surface area contributed by atoms with Crippen molar-refractivity contribution in [3.05, 3.63) is 54.7 Å². The van der Waals surface area contributed by atoms with Gasteiger partial charge in [0.05, 0.1) is 35.9 Å². The number of benzene rings is 1. The lowest BCUT2D eigenvalue weighted by atomic mass is 10.2. The maximum atomic E-state index is 13.1. The number of alkyl halides is 3. The maximum Gasteiger partial charge on any atom is 0.433 e. The van der Waals surface area contributed by atoms with Crippen LogP contribution in [0.15, 0.2) is 53.9 Å². The third-order valence-corrected chi connectivity index (χ3v) is 5.94. The van der Waals surface area contributed by atoms with Crippen molar-refractivity contribution in [2.45, 2.75) is 31.0 Å². The molecule has 0 aliphatic rings. The summed E-state index contributed by atoms with van der Waals surface area (Å²) in [4.78, 5) is 3.05. The lowest BCUT2D eigenvalue weighted by molar-refractivity contribution is -0.141. The molecule has 13 heteroatoms. The predicted octanol–water partition coefficient (Wildman–Crippen LogP) is 3.76. The van der Waals surface area contributed by atoms with Gasteiger partial charge in [0.1, 0.15) is 22.0 Å². The summed E-state index contributed by atoms with van der Waals surface area (Å²) in [6.45, 7) is 3.61. The molecule has 4 aromatic rings. The van der Waals surface area contributed by atoms with Gasteiger partial charge in [0.2, 0.25) is 0 Å². The summed E-state index contributed by atoms with van der Waals surface area (Å²) in [5, 5.41) is 8.77. The van der Waals surface area contributed by atoms with Gasteiger partial charge in [-0.1, -0.05) is 0 Å². The van der Waals surface area contributed by atoms with Crippen molar-refractivity contribution in [2.75, 3.05) is 4.72 Å². The monoisotopic (exact) mass is 480 g/mol. The third kappa shape index (κ3) is 4.49. The molecule has 174 valence electrons. The van der Waals surface area contributed by atoms with Gasteiger partial charge in [-0.15, -0.1) is 0 Å². The zero-order valence-corrected chi connectivity index (χ0v) is 18.5. The largest absolute Gasteiger partial charge is 0.489 e. The molecule has 1 aromatic carbocycles. The van der Waals surface area contributed by atoms with Crippen LogP contribution in [0.4, 0.5) is 18.9 Å². The van der Waals surface area contributed by atoms with E-state index in [1.54, 1.807) is 39.2 Å². The number of aryl methyl sites for hydroxylation is 1. The van der Waals surface area contributed by atoms with Gasteiger partial charge in [-0.25, -0.2) is 13.1 Å². The molecule has 0 aliphatic carbocycles. The minimum absolute atomic E-state index is 0.0105. The van der Waals surface area contributed by atoms with Crippen molar-refractivity contribution in [1.82, 2.24) is 24.5 Å². The molecule has 0 atom stereocenters. The van der Waals surface area contributed by atoms with Crippen molar-refractivity contribution >= 4 is 26.6 Å². The third-order valence-electron chi connectivity index (χ3n) is 4.63. The average molecular weight is 480 g/mol. The molecular formula is C20H19F3N6O3S. The van der Waals surface area contributed by atoms with E-state index in [1.807, 2.05) is 0 Å². The van der Waals surface area contributed by atoms with Crippen LogP contribution in [0.2, 0.25) is 0 Å². The van der Waals surface area contributed by atoms with Gasteiger partial charge < -0.3 is 4.74 Å². The number of nitrogens with one attached hydrogen (secondary N) is 1. The first-order valence-electron chi connectivity index (χ1n) is 9.68. The Morgan fingerprint density at radius 3 is 2.58 bits per heavy atom. The Bertz CT molecular complexity index is 1430. The summed E-state index contributed by atoms with van der Waals surface area (Å²) in [7, 11) is -2.51. The molecule has 9 nitrogen and oxygen atoms in total. The highest BCUT2D eigenvalue weighted by atomic mass is 32.2. The Morgan fingerprint density at radius 1 is 1.12 bits per heavy atom. The number of hydrogen-bond acceptors (Lipinski definition) is 6. The Balaban J connectivity index is 1.73. The highest BCUT2D eigenvalue weighted by Crippen LogP contribution is 2.35. The fourth-order valence-corrected chi connectivity index (χ4v) is 4.20. The first-order chi connectivity index (χ1) is 15.5. The molecule has 0 saturated heterocycles. The van der Waals surface area contributed by atoms with E-state index in [-0.39, 0.29) is 22.4 Å². The second-order valence-corrected chi connectivity index (χ2v) is 9.12. The second-order valence-electron chi connectivity index (χ2n) is 7.43. The normalized spacial score (nSPS) is 12.5. The van der Waals surface area contributed by atoms with Crippen LogP contribution in [-0.4, -0.2) is 39.1 Å². The first-order valence-corrected chi connectivity index (χ1v) is 11.2. The van der Waals surface area contributed by atoms with Gasteiger partial charge in [0.25, 0.3) is 10.0 Å². The van der Waals surface area contributed by atoms with Crippen LogP contribution < -0.4 is 9.46 Å². The van der Waals surface area contributed by atoms with Crippen LogP contribution in [0, 0.1) is 0 Å². The molecule has 3 heterocycles. The van der Waals surface area contributed by atoms with Crippen LogP contribution in [0.5, 0.6) is 5.75 Å². The van der Waals surface area contributed by atoms with Crippen LogP contribution in [0.3, 0.4) is 0 Å². The number of aromatic nitrogens is 5. The van der Waals surface area contributed by atoms with Gasteiger partial charge >= 0.3 is 6.18 Å². The molecule has 0 unspecified atom stereocenters. The molecule has 0 saturated carbocycles. The Kier molecular flexibility index (Phi) is 5.52. The first kappa shape index (κ1) is 22.6. The highest BCUT2D eigenvalue weighted by molar-refractivity contribution is 7.92. The van der Waals surface area contributed by atoms with Crippen LogP contribution >= 0.6 is 0 Å². The molecular weight excluding hydrogens is 461 g/mol. The fourth-order valence-electron chi connectivity index (χ4n) is 3.20. The number of hydrogen-bond donors (Lipinski definition) is 1. The van der Waals surface area contributed by atoms with E-state index in [1.165, 1.54) is 10.7 Å². The van der Waals surface area contributed by atoms with Crippen molar-refractivity contribution in [2.24, 2.45) is 7.05 Å². The summed E-state index contributed by atoms with van der Waals surface area (Å²) >= 11 is 0. The Hall–Kier alpha value is -3.61. The van der Waals surface area contributed by atoms with E-state index >= 15 is 0 Å². The summed E-state index contributed by atoms with van der Waals surface area (Å²) < 4.78 is 76.0. The number of pyridine rings is 1. The van der Waals surface area contributed by atoms with Crippen molar-refractivity contribution in [3.63, 3.8) is 0 Å². The minimum atomic E-state index is -4.64. The van der Waals surface area contributed by atoms with E-state index in [2.05, 4.69) is 19.9 Å². The summed E-state index contributed by atoms with van der Waals surface area (Å²) in [5.41, 5.74) is -0.405. The molecule has 0 amide bonds. The summed E-state index contributed by atoms with van der Waals surface area (Å²) in [6.07, 6.45) is -0.145. The van der Waals surface area contributed by atoms with E-state index in [4.69, 9.17) is 4.74 Å². The van der Waals surface area contributed by atoms with Gasteiger partial charge in [-0.05, 0) is 38.1 Å². The lowest BCUT2D eigenvalue weighted by Gasteiger charge is -2.17. The molecule has 33 heavy (non-hydrogen) atoms. The summed E-state index contributed by atoms with van der Waals surface area (Å²) in [6, 6.07) is 5.47. The SMILES string of the molecule is CC(C)Oc1ccc2cnn(C)c2c1NS(=O)(=O)c1cnn(-c2ccnc(C(F)(F)F)c2)c1. The molecule has 3 aromatic heterocycles. The molecule has 1 N–H and O–H groups in total. The predicted molar refractivity (Wildman–Crippen MR) is 114 cm³/mol. The standard InChI is InChI=1S/C20H19F3N6O3S/c1-12(2)32-16-5-4-13-9-25-28(3)19(13)18(16)27-33(30,31)15-10-26-29(11-15)14-6-7-24-17(8-14)20(21,22)23/h4-12,27H,1-3H3. The zero-order chi connectivity index (χ0) is 24.0. The lowest BCUT2D eigenvalue weighted by Crippen LogP contribution is -2.16. The zero-order valence-electron chi connectivity index (χ0n) is 17.7. The smallest absolute Gasteiger partial charge is 0.433 e. The highest BCUT2D eigenvalue weighted by Gasteiger charge is 2.32. The van der Waals surface area contributed by atoms with Crippen molar-refractivity contribution in [1.29, 1.82) is 0 Å². The topological polar surface area (TPSA) is 104 Å². The minimum Gasteiger partial charge on any atom is -0.489 e. The van der Waals surface area contributed by atoms with E-state index < -0.39 is 21.9 Å². The van der Waals surface area contributed by atoms with Gasteiger partial charge in [-0.2, -0.15) is 23.4 Å². The number of anilines is 1. The second kappa shape index (κ2) is 8.06. The molecule has 0 fully saturated rings. The molecule has 4 rings (SSSR count). The quantitative estimate of drug-likeness (QED) is 0.451. The Labute approximate surface area is 186 Å². The average Bonchev–Trinajstić information content (AvgIpc) is 3.37.